The number of benzene rings is 1. The fourth-order valence-corrected chi connectivity index (χ4v) is 1.38. The zero-order chi connectivity index (χ0) is 16.0. The first kappa shape index (κ1) is 15.9. The molecule has 0 unspecified atom stereocenters. The van der Waals surface area contributed by atoms with Crippen molar-refractivity contribution in [1.29, 1.82) is 0 Å². The molecule has 0 bridgehead atoms. The number of hydrogen-bond acceptors (Lipinski definition) is 6. The first-order valence-corrected chi connectivity index (χ1v) is 5.52. The number of rotatable bonds is 5. The third kappa shape index (κ3) is 4.16. The number of carboxylic acids is 1. The standard InChI is InChI=1S/C11H11N3O7/c1-12-11(18)13-8(15)5-21-7-4-2-3-6(14(19)20)9(7)10(16)17/h2-4H,5H2,1H3,(H,16,17)(H2,12,13,15,18). The Morgan fingerprint density at radius 3 is 2.57 bits per heavy atom. The van der Waals surface area contributed by atoms with Crippen molar-refractivity contribution in [1.82, 2.24) is 10.6 Å². The molecule has 0 fully saturated rings. The molecule has 0 aliphatic carbocycles. The third-order valence-corrected chi connectivity index (χ3v) is 2.25. The average molecular weight is 297 g/mol. The van der Waals surface area contributed by atoms with Crippen LogP contribution >= 0.6 is 0 Å². The van der Waals surface area contributed by atoms with Crippen LogP contribution in [0.25, 0.3) is 0 Å². The molecular weight excluding hydrogens is 286 g/mol. The number of aromatic carboxylic acids is 1. The highest BCUT2D eigenvalue weighted by molar-refractivity contribution is 5.96. The molecule has 10 nitrogen and oxygen atoms in total. The lowest BCUT2D eigenvalue weighted by Crippen LogP contribution is -2.40. The molecule has 112 valence electrons. The predicted molar refractivity (Wildman–Crippen MR) is 68.1 cm³/mol. The van der Waals surface area contributed by atoms with Gasteiger partial charge in [-0.15, -0.1) is 0 Å². The predicted octanol–water partition coefficient (Wildman–Crippen LogP) is 0.127. The van der Waals surface area contributed by atoms with Crippen LogP contribution in [0.2, 0.25) is 0 Å². The van der Waals surface area contributed by atoms with Gasteiger partial charge in [-0.3, -0.25) is 20.2 Å². The van der Waals surface area contributed by atoms with E-state index in [9.17, 15) is 24.5 Å². The molecule has 0 spiro atoms. The highest BCUT2D eigenvalue weighted by Crippen LogP contribution is 2.28. The first-order chi connectivity index (χ1) is 9.86. The molecule has 1 rings (SSSR count). The summed E-state index contributed by atoms with van der Waals surface area (Å²) in [6.45, 7) is -0.672. The van der Waals surface area contributed by atoms with E-state index in [1.54, 1.807) is 0 Å². The average Bonchev–Trinajstić information content (AvgIpc) is 2.44. The molecule has 0 aliphatic rings. The number of nitrogens with one attached hydrogen (secondary N) is 2. The summed E-state index contributed by atoms with van der Waals surface area (Å²) in [6, 6.07) is 2.63. The lowest BCUT2D eigenvalue weighted by Gasteiger charge is -2.09. The SMILES string of the molecule is CNC(=O)NC(=O)COc1cccc([N+](=O)[O-])c1C(=O)O. The lowest BCUT2D eigenvalue weighted by molar-refractivity contribution is -0.385. The van der Waals surface area contributed by atoms with E-state index in [0.29, 0.717) is 0 Å². The van der Waals surface area contributed by atoms with Crippen LogP contribution in [0, 0.1) is 10.1 Å². The van der Waals surface area contributed by atoms with Gasteiger partial charge in [0.15, 0.2) is 12.2 Å². The van der Waals surface area contributed by atoms with E-state index in [4.69, 9.17) is 9.84 Å². The molecule has 1 aromatic carbocycles. The van der Waals surface area contributed by atoms with Gasteiger partial charge in [-0.25, -0.2) is 9.59 Å². The minimum atomic E-state index is -1.57. The van der Waals surface area contributed by atoms with Crippen LogP contribution in [0.4, 0.5) is 10.5 Å². The summed E-state index contributed by atoms with van der Waals surface area (Å²) in [4.78, 5) is 43.1. The van der Waals surface area contributed by atoms with Crippen LogP contribution in [0.15, 0.2) is 18.2 Å². The number of nitro benzene ring substituents is 1. The van der Waals surface area contributed by atoms with Gasteiger partial charge >= 0.3 is 12.0 Å². The number of nitro groups is 1. The van der Waals surface area contributed by atoms with E-state index in [1.807, 2.05) is 5.32 Å². The Bertz CT molecular complexity index is 599. The zero-order valence-corrected chi connectivity index (χ0v) is 10.8. The van der Waals surface area contributed by atoms with E-state index in [-0.39, 0.29) is 5.75 Å². The van der Waals surface area contributed by atoms with E-state index in [2.05, 4.69) is 5.32 Å². The molecule has 3 amide bonds. The zero-order valence-electron chi connectivity index (χ0n) is 10.8. The first-order valence-electron chi connectivity index (χ1n) is 5.52. The highest BCUT2D eigenvalue weighted by Gasteiger charge is 2.25. The van der Waals surface area contributed by atoms with E-state index in [1.165, 1.54) is 19.2 Å². The maximum atomic E-state index is 11.3. The Morgan fingerprint density at radius 2 is 2.05 bits per heavy atom. The number of hydrogen-bond donors (Lipinski definition) is 3. The molecule has 0 saturated heterocycles. The van der Waals surface area contributed by atoms with Gasteiger partial charge in [0.1, 0.15) is 5.75 Å². The molecule has 0 saturated carbocycles. The number of imide groups is 1. The molecule has 0 atom stereocenters. The monoisotopic (exact) mass is 297 g/mol. The molecule has 3 N–H and O–H groups in total. The Balaban J connectivity index is 2.91. The summed E-state index contributed by atoms with van der Waals surface area (Å²) >= 11 is 0. The topological polar surface area (TPSA) is 148 Å². The van der Waals surface area contributed by atoms with Gasteiger partial charge in [-0.05, 0) is 6.07 Å². The van der Waals surface area contributed by atoms with Gasteiger partial charge in [-0.1, -0.05) is 6.07 Å². The van der Waals surface area contributed by atoms with Gasteiger partial charge in [0, 0.05) is 13.1 Å². The van der Waals surface area contributed by atoms with E-state index < -0.39 is 40.7 Å². The van der Waals surface area contributed by atoms with Crippen LogP contribution in [-0.4, -0.2) is 41.6 Å². The van der Waals surface area contributed by atoms with Crippen molar-refractivity contribution in [2.75, 3.05) is 13.7 Å². The second-order valence-electron chi connectivity index (χ2n) is 3.63. The van der Waals surface area contributed by atoms with Crippen molar-refractivity contribution in [3.63, 3.8) is 0 Å². The van der Waals surface area contributed by atoms with Gasteiger partial charge < -0.3 is 15.2 Å². The maximum Gasteiger partial charge on any atom is 0.346 e. The van der Waals surface area contributed by atoms with Crippen LogP contribution in [0.3, 0.4) is 0 Å². The van der Waals surface area contributed by atoms with Crippen LogP contribution in [-0.2, 0) is 4.79 Å². The van der Waals surface area contributed by atoms with Gasteiger partial charge in [0.2, 0.25) is 0 Å². The molecule has 0 aliphatic heterocycles. The molecule has 0 radical (unpaired) electrons. The van der Waals surface area contributed by atoms with Crippen molar-refractivity contribution in [3.05, 3.63) is 33.9 Å². The molecular formula is C11H11N3O7. The summed E-state index contributed by atoms with van der Waals surface area (Å²) in [5.41, 5.74) is -1.33. The normalized spacial score (nSPS) is 9.57. The molecule has 1 aromatic rings. The van der Waals surface area contributed by atoms with Gasteiger partial charge in [-0.2, -0.15) is 0 Å². The minimum Gasteiger partial charge on any atom is -0.483 e. The van der Waals surface area contributed by atoms with E-state index >= 15 is 0 Å². The van der Waals surface area contributed by atoms with Crippen molar-refractivity contribution in [2.24, 2.45) is 0 Å². The second-order valence-corrected chi connectivity index (χ2v) is 3.63. The molecule has 0 aromatic heterocycles. The number of ether oxygens (including phenoxy) is 1. The Hall–Kier alpha value is -3.17. The van der Waals surface area contributed by atoms with Gasteiger partial charge in [0.25, 0.3) is 11.6 Å². The summed E-state index contributed by atoms with van der Waals surface area (Å²) in [5.74, 6) is -2.75. The minimum absolute atomic E-state index is 0.344. The largest absolute Gasteiger partial charge is 0.483 e. The fourth-order valence-electron chi connectivity index (χ4n) is 1.38. The number of nitrogens with zero attached hydrogens (tertiary/aromatic N) is 1. The Labute approximate surface area is 117 Å². The number of amides is 3. The number of carbonyl (C=O) groups excluding carboxylic acids is 2. The lowest BCUT2D eigenvalue weighted by atomic mass is 10.1. The van der Waals surface area contributed by atoms with Crippen molar-refractivity contribution in [3.8, 4) is 5.75 Å². The quantitative estimate of drug-likeness (QED) is 0.516. The number of carboxylic acid groups (broad SMARTS) is 1. The summed E-state index contributed by atoms with van der Waals surface area (Å²) < 4.78 is 4.92. The number of urea groups is 1. The highest BCUT2D eigenvalue weighted by atomic mass is 16.6. The fraction of sp³-hybridized carbons (Fsp3) is 0.182. The summed E-state index contributed by atoms with van der Waals surface area (Å²) in [6.07, 6.45) is 0. The van der Waals surface area contributed by atoms with Crippen LogP contribution < -0.4 is 15.4 Å². The Kier molecular flexibility index (Phi) is 5.17. The van der Waals surface area contributed by atoms with Crippen LogP contribution in [0.1, 0.15) is 10.4 Å². The molecule has 21 heavy (non-hydrogen) atoms. The van der Waals surface area contributed by atoms with Crippen molar-refractivity contribution in [2.45, 2.75) is 0 Å². The van der Waals surface area contributed by atoms with Crippen molar-refractivity contribution < 1.29 is 29.2 Å². The van der Waals surface area contributed by atoms with Gasteiger partial charge in [0.05, 0.1) is 4.92 Å². The number of carbonyl (C=O) groups is 3. The second kappa shape index (κ2) is 6.84. The molecule has 10 heteroatoms. The molecule has 0 heterocycles. The maximum absolute atomic E-state index is 11.3. The third-order valence-electron chi connectivity index (χ3n) is 2.25. The van der Waals surface area contributed by atoms with Crippen molar-refractivity contribution >= 4 is 23.6 Å². The van der Waals surface area contributed by atoms with E-state index in [0.717, 1.165) is 6.07 Å². The summed E-state index contributed by atoms with van der Waals surface area (Å²) in [7, 11) is 1.30. The summed E-state index contributed by atoms with van der Waals surface area (Å²) in [5, 5.41) is 23.8. The Morgan fingerprint density at radius 1 is 1.38 bits per heavy atom. The van der Waals surface area contributed by atoms with Crippen LogP contribution in [0.5, 0.6) is 5.75 Å². The smallest absolute Gasteiger partial charge is 0.346 e.